The van der Waals surface area contributed by atoms with Crippen LogP contribution in [0.15, 0.2) is 67.8 Å². The van der Waals surface area contributed by atoms with Crippen LogP contribution in [0, 0.1) is 5.21 Å². The fraction of sp³-hybridized carbons (Fsp3) is 0.0909. The Hall–Kier alpha value is -4.81. The molecule has 4 N–H and O–H groups in total. The number of amides is 2. The highest BCUT2D eigenvalue weighted by Gasteiger charge is 2.31. The lowest BCUT2D eigenvalue weighted by atomic mass is 10.1. The maximum Gasteiger partial charge on any atom is 0.416 e. The first-order valence-corrected chi connectivity index (χ1v) is 10.1. The van der Waals surface area contributed by atoms with Crippen molar-refractivity contribution in [1.29, 1.82) is 0 Å². The molecule has 2 aromatic heterocycles. The van der Waals surface area contributed by atoms with Crippen molar-refractivity contribution >= 4 is 28.8 Å². The molecule has 0 radical (unpaired) electrons. The quantitative estimate of drug-likeness (QED) is 0.292. The van der Waals surface area contributed by atoms with Gasteiger partial charge in [-0.05, 0) is 55.0 Å². The van der Waals surface area contributed by atoms with Crippen molar-refractivity contribution in [1.82, 2.24) is 19.6 Å². The van der Waals surface area contributed by atoms with Crippen LogP contribution in [0.25, 0.3) is 16.9 Å². The first kappa shape index (κ1) is 23.4. The molecule has 2 heterocycles. The number of rotatable bonds is 5. The summed E-state index contributed by atoms with van der Waals surface area (Å²) in [5.74, 6) is 0.205. The molecule has 0 saturated heterocycles. The van der Waals surface area contributed by atoms with E-state index in [1.165, 1.54) is 34.0 Å². The van der Waals surface area contributed by atoms with Gasteiger partial charge in [-0.15, -0.1) is 5.10 Å². The summed E-state index contributed by atoms with van der Waals surface area (Å²) in [7, 11) is 0. The Bertz CT molecular complexity index is 1390. The van der Waals surface area contributed by atoms with E-state index in [2.05, 4.69) is 27.5 Å². The number of alkyl halides is 3. The molecule has 0 fully saturated rings. The number of nitrogens with zero attached hydrogens (tertiary/aromatic N) is 5. The number of nitrogens with two attached hydrogens (primary N) is 1. The molecule has 0 unspecified atom stereocenters. The lowest BCUT2D eigenvalue weighted by molar-refractivity contribution is -0.606. The maximum absolute atomic E-state index is 13.2. The minimum atomic E-state index is -4.60. The molecule has 180 valence electrons. The normalized spacial score (nSPS) is 11.3. The summed E-state index contributed by atoms with van der Waals surface area (Å²) in [6.45, 7) is 5.40. The second kappa shape index (κ2) is 8.85. The average molecular weight is 484 g/mol. The molecule has 13 heteroatoms. The fourth-order valence-corrected chi connectivity index (χ4v) is 3.40. The molecule has 0 aliphatic carbocycles. The van der Waals surface area contributed by atoms with Crippen LogP contribution in [-0.4, -0.2) is 25.6 Å². The molecule has 0 bridgehead atoms. The molecule has 0 atom stereocenters. The van der Waals surface area contributed by atoms with E-state index < -0.39 is 17.8 Å². The molecule has 4 aromatic rings. The van der Waals surface area contributed by atoms with Crippen LogP contribution < -0.4 is 21.1 Å². The highest BCUT2D eigenvalue weighted by atomic mass is 19.4. The predicted molar refractivity (Wildman–Crippen MR) is 123 cm³/mol. The zero-order chi connectivity index (χ0) is 25.3. The van der Waals surface area contributed by atoms with Gasteiger partial charge in [0.15, 0.2) is 5.69 Å². The van der Waals surface area contributed by atoms with Crippen LogP contribution >= 0.6 is 0 Å². The lowest BCUT2D eigenvalue weighted by Gasteiger charge is -2.15. The van der Waals surface area contributed by atoms with Gasteiger partial charge in [0.25, 0.3) is 6.33 Å². The molecule has 10 nitrogen and oxygen atoms in total. The Morgan fingerprint density at radius 2 is 1.89 bits per heavy atom. The number of halogens is 3. The molecule has 0 saturated carbocycles. The molecule has 2 aromatic carbocycles. The largest absolute Gasteiger partial charge is 0.710 e. The summed E-state index contributed by atoms with van der Waals surface area (Å²) in [5.41, 5.74) is 6.85. The van der Waals surface area contributed by atoms with Crippen molar-refractivity contribution in [3.63, 3.8) is 0 Å². The van der Waals surface area contributed by atoms with Crippen LogP contribution in [0.3, 0.4) is 0 Å². The number of benzene rings is 2. The van der Waals surface area contributed by atoms with Gasteiger partial charge >= 0.3 is 12.2 Å². The molecular weight excluding hydrogens is 465 g/mol. The number of allylic oxidation sites excluding steroid dienone is 1. The smallest absolute Gasteiger partial charge is 0.416 e. The van der Waals surface area contributed by atoms with Gasteiger partial charge in [-0.2, -0.15) is 17.7 Å². The summed E-state index contributed by atoms with van der Waals surface area (Å²) >= 11 is 0. The molecule has 2 amide bonds. The number of aromatic nitrogens is 5. The van der Waals surface area contributed by atoms with Crippen LogP contribution in [-0.2, 0) is 6.18 Å². The molecule has 35 heavy (non-hydrogen) atoms. The molecular formula is C22H19F3N8O2. The van der Waals surface area contributed by atoms with E-state index in [1.54, 1.807) is 31.2 Å². The number of imidazole rings is 1. The van der Waals surface area contributed by atoms with Crippen LogP contribution in [0.2, 0.25) is 0 Å². The van der Waals surface area contributed by atoms with E-state index in [1.807, 2.05) is 0 Å². The predicted octanol–water partition coefficient (Wildman–Crippen LogP) is 3.97. The van der Waals surface area contributed by atoms with Crippen molar-refractivity contribution in [2.24, 2.45) is 0 Å². The summed E-state index contributed by atoms with van der Waals surface area (Å²) in [6, 6.07) is 8.43. The second-order valence-corrected chi connectivity index (χ2v) is 7.53. The van der Waals surface area contributed by atoms with Gasteiger partial charge < -0.3 is 21.6 Å². The maximum atomic E-state index is 13.2. The zero-order valence-corrected chi connectivity index (χ0v) is 18.2. The van der Waals surface area contributed by atoms with E-state index in [0.29, 0.717) is 21.7 Å². The van der Waals surface area contributed by atoms with Gasteiger partial charge in [-0.1, -0.05) is 11.8 Å². The van der Waals surface area contributed by atoms with Gasteiger partial charge in [0.05, 0.1) is 29.3 Å². The van der Waals surface area contributed by atoms with Gasteiger partial charge in [0.1, 0.15) is 5.69 Å². The molecule has 0 spiro atoms. The van der Waals surface area contributed by atoms with E-state index in [9.17, 15) is 23.2 Å². The third-order valence-electron chi connectivity index (χ3n) is 4.99. The average Bonchev–Trinajstić information content (AvgIpc) is 3.41. The minimum absolute atomic E-state index is 0.119. The number of hydrogen-bond acceptors (Lipinski definition) is 5. The number of urea groups is 1. The number of hydrogen-bond donors (Lipinski definition) is 3. The number of anilines is 3. The summed E-state index contributed by atoms with van der Waals surface area (Å²) in [4.78, 5) is 12.6. The van der Waals surface area contributed by atoms with Crippen molar-refractivity contribution < 1.29 is 22.7 Å². The van der Waals surface area contributed by atoms with Crippen LogP contribution in [0.4, 0.5) is 35.2 Å². The topological polar surface area (TPSA) is 130 Å². The summed E-state index contributed by atoms with van der Waals surface area (Å²) in [6.07, 6.45) is -0.555. The Morgan fingerprint density at radius 1 is 1.17 bits per heavy atom. The van der Waals surface area contributed by atoms with Gasteiger partial charge in [-0.25, -0.2) is 14.2 Å². The number of nitrogen functional groups attached to an aromatic ring is 1. The first-order valence-electron chi connectivity index (χ1n) is 10.1. The Morgan fingerprint density at radius 3 is 2.46 bits per heavy atom. The minimum Gasteiger partial charge on any atom is -0.710 e. The van der Waals surface area contributed by atoms with Crippen molar-refractivity contribution in [2.75, 3.05) is 16.4 Å². The monoisotopic (exact) mass is 484 g/mol. The summed E-state index contributed by atoms with van der Waals surface area (Å²) in [5, 5.41) is 24.4. The number of nitrogens with one attached hydrogen (secondary N) is 2. The number of carbonyl (C=O) groups is 1. The SMILES string of the molecule is C=C(C)c1c(N)n(-c2ccc(NC(=O)Nc3cc(C(F)(F)F)ccc3-n3ccnn3)cc2)c[n+]1[O-]. The van der Waals surface area contributed by atoms with Gasteiger partial charge in [0, 0.05) is 5.69 Å². The van der Waals surface area contributed by atoms with E-state index >= 15 is 0 Å². The van der Waals surface area contributed by atoms with E-state index in [-0.39, 0.29) is 22.9 Å². The Kier molecular flexibility index (Phi) is 5.91. The molecule has 0 aliphatic heterocycles. The highest BCUT2D eigenvalue weighted by Crippen LogP contribution is 2.33. The second-order valence-electron chi connectivity index (χ2n) is 7.53. The van der Waals surface area contributed by atoms with E-state index in [0.717, 1.165) is 12.1 Å². The van der Waals surface area contributed by atoms with Gasteiger partial charge in [0.2, 0.25) is 5.82 Å². The fourth-order valence-electron chi connectivity index (χ4n) is 3.40. The lowest BCUT2D eigenvalue weighted by Crippen LogP contribution is -2.27. The molecule has 4 rings (SSSR count). The van der Waals surface area contributed by atoms with E-state index in [4.69, 9.17) is 5.73 Å². The van der Waals surface area contributed by atoms with Crippen molar-refractivity contribution in [2.45, 2.75) is 13.1 Å². The van der Waals surface area contributed by atoms with Crippen molar-refractivity contribution in [3.05, 3.63) is 84.2 Å². The van der Waals surface area contributed by atoms with Crippen LogP contribution in [0.1, 0.15) is 18.2 Å². The molecule has 0 aliphatic rings. The van der Waals surface area contributed by atoms with Crippen LogP contribution in [0.5, 0.6) is 0 Å². The number of carbonyl (C=O) groups excluding carboxylic acids is 1. The first-order chi connectivity index (χ1) is 16.5. The zero-order valence-electron chi connectivity index (χ0n) is 18.2. The Labute approximate surface area is 196 Å². The third-order valence-corrected chi connectivity index (χ3v) is 4.99. The van der Waals surface area contributed by atoms with Gasteiger partial charge in [-0.3, -0.25) is 0 Å². The third kappa shape index (κ3) is 4.78. The highest BCUT2D eigenvalue weighted by molar-refractivity contribution is 6.01. The Balaban J connectivity index is 1.55. The van der Waals surface area contributed by atoms with Crippen molar-refractivity contribution in [3.8, 4) is 11.4 Å². The standard InChI is InChI=1S/C22H19F3N8O2/c1-13(2)19-20(26)31(12-33(19)35)16-6-4-15(5-7-16)28-21(34)29-17-11-14(22(23,24)25)3-8-18(17)32-10-9-27-30-32/h3-12H,1,26H2,2H3,(H2,28,29,34). The summed E-state index contributed by atoms with van der Waals surface area (Å²) < 4.78 is 42.9.